The summed E-state index contributed by atoms with van der Waals surface area (Å²) in [5.74, 6) is 0.615. The molecule has 0 aliphatic carbocycles. The van der Waals surface area contributed by atoms with Crippen LogP contribution in [0.2, 0.25) is 0 Å². The van der Waals surface area contributed by atoms with E-state index in [1.165, 1.54) is 10.9 Å². The number of aromatic nitrogens is 2. The number of nitrogens with zero attached hydrogens (tertiary/aromatic N) is 2. The van der Waals surface area contributed by atoms with E-state index in [9.17, 15) is 4.39 Å². The summed E-state index contributed by atoms with van der Waals surface area (Å²) < 4.78 is 20.2. The molecule has 1 aromatic carbocycles. The van der Waals surface area contributed by atoms with Crippen molar-refractivity contribution in [3.05, 3.63) is 59.4 Å². The number of pyridine rings is 1. The number of hydrogen-bond acceptors (Lipinski definition) is 3. The number of H-pyrrole nitrogens is 1. The zero-order valence-electron chi connectivity index (χ0n) is 17.0. The lowest BCUT2D eigenvalue weighted by Crippen LogP contribution is -2.47. The Kier molecular flexibility index (Phi) is 4.88. The topological polar surface area (TPSA) is 41.1 Å². The van der Waals surface area contributed by atoms with Crippen LogP contribution in [0.1, 0.15) is 50.6 Å². The average Bonchev–Trinajstić information content (AvgIpc) is 3.00. The summed E-state index contributed by atoms with van der Waals surface area (Å²) in [7, 11) is 0. The molecule has 0 saturated heterocycles. The maximum absolute atomic E-state index is 14.7. The molecule has 0 saturated carbocycles. The molecule has 1 aliphatic rings. The first kappa shape index (κ1) is 18.9. The quantitative estimate of drug-likeness (QED) is 0.673. The molecule has 148 valence electrons. The summed E-state index contributed by atoms with van der Waals surface area (Å²) in [5.41, 5.74) is 3.37. The first-order valence-corrected chi connectivity index (χ1v) is 10.0. The highest BCUT2D eigenvalue weighted by Gasteiger charge is 2.38. The minimum absolute atomic E-state index is 0.0654. The lowest BCUT2D eigenvalue weighted by atomic mass is 9.88. The third kappa shape index (κ3) is 3.51. The SMILES string of the molecule is CCOc1ccc(C2c3[nH]c4ccccc4c3CC(C)N2CC(C)(C)F)cn1. The molecule has 3 aromatic rings. The molecule has 5 heteroatoms. The number of ether oxygens (including phenoxy) is 1. The predicted octanol–water partition coefficient (Wildman–Crippen LogP) is 5.05. The van der Waals surface area contributed by atoms with Crippen molar-refractivity contribution in [1.29, 1.82) is 0 Å². The van der Waals surface area contributed by atoms with Crippen molar-refractivity contribution >= 4 is 10.9 Å². The number of fused-ring (bicyclic) bond motifs is 3. The maximum atomic E-state index is 14.7. The van der Waals surface area contributed by atoms with Gasteiger partial charge in [0.1, 0.15) is 5.67 Å². The second-order valence-corrected chi connectivity index (χ2v) is 8.27. The lowest BCUT2D eigenvalue weighted by Gasteiger charge is -2.42. The zero-order chi connectivity index (χ0) is 19.9. The van der Waals surface area contributed by atoms with E-state index in [0.717, 1.165) is 23.2 Å². The molecule has 0 amide bonds. The molecular formula is C23H28FN3O. The van der Waals surface area contributed by atoms with Crippen LogP contribution in [0, 0.1) is 0 Å². The fourth-order valence-electron chi connectivity index (χ4n) is 4.33. The van der Waals surface area contributed by atoms with Gasteiger partial charge in [-0.25, -0.2) is 9.37 Å². The van der Waals surface area contributed by atoms with Gasteiger partial charge in [-0.1, -0.05) is 24.3 Å². The van der Waals surface area contributed by atoms with Crippen LogP contribution >= 0.6 is 0 Å². The van der Waals surface area contributed by atoms with E-state index in [0.29, 0.717) is 19.0 Å². The number of para-hydroxylation sites is 1. The monoisotopic (exact) mass is 381 g/mol. The number of alkyl halides is 1. The second-order valence-electron chi connectivity index (χ2n) is 8.27. The molecule has 0 spiro atoms. The van der Waals surface area contributed by atoms with E-state index in [1.807, 2.05) is 31.3 Å². The summed E-state index contributed by atoms with van der Waals surface area (Å²) in [4.78, 5) is 10.3. The summed E-state index contributed by atoms with van der Waals surface area (Å²) in [6, 6.07) is 12.5. The van der Waals surface area contributed by atoms with Gasteiger partial charge in [0.15, 0.2) is 0 Å². The van der Waals surface area contributed by atoms with Crippen molar-refractivity contribution in [2.24, 2.45) is 0 Å². The van der Waals surface area contributed by atoms with Crippen LogP contribution in [0.3, 0.4) is 0 Å². The van der Waals surface area contributed by atoms with Crippen LogP contribution in [0.25, 0.3) is 10.9 Å². The summed E-state index contributed by atoms with van der Waals surface area (Å²) >= 11 is 0. The van der Waals surface area contributed by atoms with E-state index in [4.69, 9.17) is 4.74 Å². The molecular weight excluding hydrogens is 353 g/mol. The largest absolute Gasteiger partial charge is 0.478 e. The molecule has 2 unspecified atom stereocenters. The molecule has 0 radical (unpaired) electrons. The van der Waals surface area contributed by atoms with Gasteiger partial charge in [0, 0.05) is 41.4 Å². The zero-order valence-corrected chi connectivity index (χ0v) is 17.0. The van der Waals surface area contributed by atoms with Crippen LogP contribution in [-0.2, 0) is 6.42 Å². The van der Waals surface area contributed by atoms with E-state index < -0.39 is 5.67 Å². The normalized spacial score (nSPS) is 20.3. The summed E-state index contributed by atoms with van der Waals surface area (Å²) in [6.45, 7) is 8.37. The predicted molar refractivity (Wildman–Crippen MR) is 111 cm³/mol. The van der Waals surface area contributed by atoms with E-state index in [1.54, 1.807) is 13.8 Å². The number of halogens is 1. The smallest absolute Gasteiger partial charge is 0.213 e. The minimum Gasteiger partial charge on any atom is -0.478 e. The Hall–Kier alpha value is -2.40. The first-order valence-electron chi connectivity index (χ1n) is 10.0. The van der Waals surface area contributed by atoms with Crippen LogP contribution in [0.5, 0.6) is 5.88 Å². The van der Waals surface area contributed by atoms with E-state index in [-0.39, 0.29) is 12.1 Å². The van der Waals surface area contributed by atoms with Gasteiger partial charge < -0.3 is 9.72 Å². The fourth-order valence-corrected chi connectivity index (χ4v) is 4.33. The Balaban J connectivity index is 1.84. The molecule has 0 fully saturated rings. The minimum atomic E-state index is -1.28. The molecule has 2 aromatic heterocycles. The molecule has 4 rings (SSSR count). The average molecular weight is 381 g/mol. The van der Waals surface area contributed by atoms with Gasteiger partial charge in [0.25, 0.3) is 0 Å². The van der Waals surface area contributed by atoms with Crippen LogP contribution in [0.15, 0.2) is 42.6 Å². The van der Waals surface area contributed by atoms with Gasteiger partial charge in [-0.15, -0.1) is 0 Å². The highest BCUT2D eigenvalue weighted by atomic mass is 19.1. The third-order valence-corrected chi connectivity index (χ3v) is 5.44. The van der Waals surface area contributed by atoms with E-state index in [2.05, 4.69) is 40.0 Å². The Labute approximate surface area is 165 Å². The van der Waals surface area contributed by atoms with Gasteiger partial charge in [0.2, 0.25) is 5.88 Å². The Morgan fingerprint density at radius 1 is 1.25 bits per heavy atom. The number of nitrogens with one attached hydrogen (secondary N) is 1. The molecule has 28 heavy (non-hydrogen) atoms. The molecule has 1 aliphatic heterocycles. The van der Waals surface area contributed by atoms with Crippen LogP contribution in [-0.4, -0.2) is 39.7 Å². The Morgan fingerprint density at radius 3 is 2.71 bits per heavy atom. The molecule has 3 heterocycles. The Morgan fingerprint density at radius 2 is 2.04 bits per heavy atom. The third-order valence-electron chi connectivity index (χ3n) is 5.44. The van der Waals surface area contributed by atoms with Crippen molar-refractivity contribution in [1.82, 2.24) is 14.9 Å². The van der Waals surface area contributed by atoms with Crippen molar-refractivity contribution < 1.29 is 9.13 Å². The second kappa shape index (κ2) is 7.21. The highest BCUT2D eigenvalue weighted by Crippen LogP contribution is 2.41. The van der Waals surface area contributed by atoms with Crippen molar-refractivity contribution in [3.63, 3.8) is 0 Å². The number of benzene rings is 1. The fraction of sp³-hybridized carbons (Fsp3) is 0.435. The van der Waals surface area contributed by atoms with E-state index >= 15 is 0 Å². The van der Waals surface area contributed by atoms with Gasteiger partial charge in [-0.3, -0.25) is 4.90 Å². The van der Waals surface area contributed by atoms with Gasteiger partial charge in [0.05, 0.1) is 12.6 Å². The first-order chi connectivity index (χ1) is 13.4. The van der Waals surface area contributed by atoms with Crippen LogP contribution in [0.4, 0.5) is 4.39 Å². The molecule has 2 atom stereocenters. The summed E-state index contributed by atoms with van der Waals surface area (Å²) in [5, 5.41) is 1.26. The Bertz CT molecular complexity index is 958. The number of rotatable bonds is 5. The van der Waals surface area contributed by atoms with Gasteiger partial charge >= 0.3 is 0 Å². The van der Waals surface area contributed by atoms with Crippen LogP contribution < -0.4 is 4.74 Å². The summed E-state index contributed by atoms with van der Waals surface area (Å²) in [6.07, 6.45) is 2.76. The van der Waals surface area contributed by atoms with Crippen molar-refractivity contribution in [2.45, 2.75) is 51.9 Å². The molecule has 0 bridgehead atoms. The lowest BCUT2D eigenvalue weighted by molar-refractivity contribution is 0.0666. The van der Waals surface area contributed by atoms with Gasteiger partial charge in [-0.2, -0.15) is 0 Å². The maximum Gasteiger partial charge on any atom is 0.213 e. The van der Waals surface area contributed by atoms with Crippen molar-refractivity contribution in [3.8, 4) is 5.88 Å². The standard InChI is InChI=1S/C23H28FN3O/c1-5-28-20-11-10-16(13-25-20)22-21-18(17-8-6-7-9-19(17)26-21)12-15(2)27(22)14-23(3,4)24/h6-11,13,15,22,26H,5,12,14H2,1-4H3. The van der Waals surface area contributed by atoms with Crippen molar-refractivity contribution in [2.75, 3.05) is 13.2 Å². The molecule has 1 N–H and O–H groups in total. The van der Waals surface area contributed by atoms with Gasteiger partial charge in [-0.05, 0) is 51.3 Å². The highest BCUT2D eigenvalue weighted by molar-refractivity contribution is 5.85. The number of aromatic amines is 1. The number of hydrogen-bond donors (Lipinski definition) is 1. The molecule has 4 nitrogen and oxygen atoms in total.